The third kappa shape index (κ3) is 4.23. The van der Waals surface area contributed by atoms with E-state index < -0.39 is 0 Å². The van der Waals surface area contributed by atoms with Gasteiger partial charge in [0.25, 0.3) is 5.91 Å². The molecule has 2 aromatic carbocycles. The van der Waals surface area contributed by atoms with Gasteiger partial charge in [-0.15, -0.1) is 0 Å². The number of amides is 1. The van der Waals surface area contributed by atoms with Crippen LogP contribution in [0.4, 0.5) is 0 Å². The molecular formula is C19H22N4O2. The van der Waals surface area contributed by atoms with Crippen molar-refractivity contribution in [3.63, 3.8) is 0 Å². The molecule has 0 bridgehead atoms. The number of phenolic OH excluding ortho intramolecular Hbond substituents is 1. The van der Waals surface area contributed by atoms with E-state index in [1.807, 2.05) is 0 Å². The zero-order chi connectivity index (χ0) is 17.6. The zero-order valence-corrected chi connectivity index (χ0v) is 14.1. The molecule has 4 N–H and O–H groups in total. The average Bonchev–Trinajstić information content (AvgIpc) is 3.13. The lowest BCUT2D eigenvalue weighted by Gasteiger charge is -2.10. The largest absolute Gasteiger partial charge is 0.507 e. The first-order valence-corrected chi connectivity index (χ1v) is 8.38. The van der Waals surface area contributed by atoms with E-state index in [2.05, 4.69) is 52.6 Å². The van der Waals surface area contributed by atoms with E-state index in [1.165, 1.54) is 11.8 Å². The highest BCUT2D eigenvalue weighted by Crippen LogP contribution is 2.22. The Morgan fingerprint density at radius 3 is 2.72 bits per heavy atom. The third-order valence-electron chi connectivity index (χ3n) is 4.33. The molecule has 0 aliphatic carbocycles. The van der Waals surface area contributed by atoms with Gasteiger partial charge in [0.1, 0.15) is 11.8 Å². The zero-order valence-electron chi connectivity index (χ0n) is 14.1. The van der Waals surface area contributed by atoms with Gasteiger partial charge in [0.05, 0.1) is 6.21 Å². The lowest BCUT2D eigenvalue weighted by molar-refractivity contribution is -0.122. The first-order chi connectivity index (χ1) is 12.2. The smallest absolute Gasteiger partial charge is 0.258 e. The van der Waals surface area contributed by atoms with Crippen LogP contribution in [-0.4, -0.2) is 23.3 Å². The van der Waals surface area contributed by atoms with Crippen LogP contribution in [-0.2, 0) is 11.2 Å². The van der Waals surface area contributed by atoms with Crippen LogP contribution in [0.15, 0.2) is 53.6 Å². The predicted octanol–water partition coefficient (Wildman–Crippen LogP) is 2.01. The minimum absolute atomic E-state index is 0.0869. The SMILES string of the molecule is CCc1ccc(C2CC(C(=O)N/N=C\c3ccccc3O)NN2)cc1. The molecule has 1 aliphatic heterocycles. The second-order valence-corrected chi connectivity index (χ2v) is 6.02. The van der Waals surface area contributed by atoms with Crippen LogP contribution >= 0.6 is 0 Å². The number of nitrogens with zero attached hydrogens (tertiary/aromatic N) is 1. The van der Waals surface area contributed by atoms with E-state index in [0.717, 1.165) is 12.0 Å². The summed E-state index contributed by atoms with van der Waals surface area (Å²) in [6.07, 6.45) is 3.08. The number of phenols is 1. The second kappa shape index (κ2) is 7.92. The second-order valence-electron chi connectivity index (χ2n) is 6.02. The number of hydrazone groups is 1. The number of carbonyl (C=O) groups is 1. The Kier molecular flexibility index (Phi) is 5.42. The molecule has 0 saturated carbocycles. The molecule has 1 heterocycles. The fraction of sp³-hybridized carbons (Fsp3) is 0.263. The molecular weight excluding hydrogens is 316 g/mol. The summed E-state index contributed by atoms with van der Waals surface area (Å²) in [6.45, 7) is 2.13. The Balaban J connectivity index is 1.54. The number of hydrogen-bond donors (Lipinski definition) is 4. The number of aromatic hydroxyl groups is 1. The van der Waals surface area contributed by atoms with Gasteiger partial charge in [-0.1, -0.05) is 43.3 Å². The Morgan fingerprint density at radius 2 is 2.00 bits per heavy atom. The minimum Gasteiger partial charge on any atom is -0.507 e. The molecule has 6 nitrogen and oxygen atoms in total. The summed E-state index contributed by atoms with van der Waals surface area (Å²) in [7, 11) is 0. The molecule has 2 aromatic rings. The molecule has 0 spiro atoms. The van der Waals surface area contributed by atoms with Crippen molar-refractivity contribution in [1.82, 2.24) is 16.3 Å². The summed E-state index contributed by atoms with van der Waals surface area (Å²) >= 11 is 0. The fourth-order valence-corrected chi connectivity index (χ4v) is 2.77. The van der Waals surface area contributed by atoms with Crippen molar-refractivity contribution < 1.29 is 9.90 Å². The number of aryl methyl sites for hydroxylation is 1. The van der Waals surface area contributed by atoms with Crippen LogP contribution in [0.2, 0.25) is 0 Å². The van der Waals surface area contributed by atoms with E-state index in [9.17, 15) is 9.90 Å². The first kappa shape index (κ1) is 17.1. The molecule has 2 atom stereocenters. The first-order valence-electron chi connectivity index (χ1n) is 8.38. The average molecular weight is 338 g/mol. The van der Waals surface area contributed by atoms with Crippen molar-refractivity contribution in [2.45, 2.75) is 31.8 Å². The number of para-hydroxylation sites is 1. The van der Waals surface area contributed by atoms with Crippen LogP contribution in [0.3, 0.4) is 0 Å². The highest BCUT2D eigenvalue weighted by atomic mass is 16.3. The maximum Gasteiger partial charge on any atom is 0.258 e. The molecule has 6 heteroatoms. The molecule has 1 fully saturated rings. The van der Waals surface area contributed by atoms with Gasteiger partial charge in [0.2, 0.25) is 0 Å². The summed E-state index contributed by atoms with van der Waals surface area (Å²) in [4.78, 5) is 12.2. The summed E-state index contributed by atoms with van der Waals surface area (Å²) in [5.74, 6) is -0.0939. The number of hydrogen-bond acceptors (Lipinski definition) is 5. The standard InChI is InChI=1S/C19H22N4O2/c1-2-13-7-9-14(10-8-13)16-11-17(22-21-16)19(25)23-20-12-15-5-3-4-6-18(15)24/h3-10,12,16-17,21-22,24H,2,11H2,1H3,(H,23,25)/b20-12-. The Morgan fingerprint density at radius 1 is 1.24 bits per heavy atom. The predicted molar refractivity (Wildman–Crippen MR) is 97.1 cm³/mol. The van der Waals surface area contributed by atoms with Gasteiger partial charge in [0.15, 0.2) is 0 Å². The number of rotatable bonds is 5. The van der Waals surface area contributed by atoms with Crippen LogP contribution in [0.25, 0.3) is 0 Å². The minimum atomic E-state index is -0.364. The van der Waals surface area contributed by atoms with Gasteiger partial charge >= 0.3 is 0 Å². The van der Waals surface area contributed by atoms with Gasteiger partial charge < -0.3 is 5.11 Å². The summed E-state index contributed by atoms with van der Waals surface area (Å²) in [5, 5.41) is 13.6. The van der Waals surface area contributed by atoms with E-state index >= 15 is 0 Å². The van der Waals surface area contributed by atoms with Crippen LogP contribution in [0.1, 0.15) is 36.1 Å². The van der Waals surface area contributed by atoms with Crippen molar-refractivity contribution in [2.75, 3.05) is 0 Å². The van der Waals surface area contributed by atoms with Crippen molar-refractivity contribution in [2.24, 2.45) is 5.10 Å². The highest BCUT2D eigenvalue weighted by molar-refractivity contribution is 5.86. The normalized spacial score (nSPS) is 20.0. The van der Waals surface area contributed by atoms with Gasteiger partial charge in [-0.25, -0.2) is 16.3 Å². The van der Waals surface area contributed by atoms with Crippen LogP contribution in [0, 0.1) is 0 Å². The van der Waals surface area contributed by atoms with Crippen molar-refractivity contribution in [3.8, 4) is 5.75 Å². The van der Waals surface area contributed by atoms with Gasteiger partial charge in [0, 0.05) is 11.6 Å². The number of benzene rings is 2. The van der Waals surface area contributed by atoms with Crippen LogP contribution in [0.5, 0.6) is 5.75 Å². The van der Waals surface area contributed by atoms with Gasteiger partial charge in [-0.05, 0) is 36.1 Å². The Labute approximate surface area is 146 Å². The van der Waals surface area contributed by atoms with E-state index in [0.29, 0.717) is 12.0 Å². The lowest BCUT2D eigenvalue weighted by Crippen LogP contribution is -2.41. The quantitative estimate of drug-likeness (QED) is 0.496. The van der Waals surface area contributed by atoms with E-state index in [4.69, 9.17) is 0 Å². The topological polar surface area (TPSA) is 85.8 Å². The Hall–Kier alpha value is -2.70. The van der Waals surface area contributed by atoms with Gasteiger partial charge in [-0.3, -0.25) is 4.79 Å². The molecule has 1 amide bonds. The fourth-order valence-electron chi connectivity index (χ4n) is 2.77. The number of carbonyl (C=O) groups excluding carboxylic acids is 1. The van der Waals surface area contributed by atoms with Gasteiger partial charge in [-0.2, -0.15) is 5.10 Å². The monoisotopic (exact) mass is 338 g/mol. The molecule has 25 heavy (non-hydrogen) atoms. The summed E-state index contributed by atoms with van der Waals surface area (Å²) < 4.78 is 0. The molecule has 1 aliphatic rings. The molecule has 0 radical (unpaired) electrons. The maximum atomic E-state index is 12.2. The molecule has 0 aromatic heterocycles. The lowest BCUT2D eigenvalue weighted by atomic mass is 10.00. The summed E-state index contributed by atoms with van der Waals surface area (Å²) in [6, 6.07) is 14.9. The molecule has 3 rings (SSSR count). The third-order valence-corrected chi connectivity index (χ3v) is 4.33. The molecule has 1 saturated heterocycles. The maximum absolute atomic E-state index is 12.2. The number of hydrazine groups is 1. The number of nitrogens with one attached hydrogen (secondary N) is 3. The molecule has 2 unspecified atom stereocenters. The van der Waals surface area contributed by atoms with Crippen LogP contribution < -0.4 is 16.3 Å². The van der Waals surface area contributed by atoms with Crippen molar-refractivity contribution in [1.29, 1.82) is 0 Å². The summed E-state index contributed by atoms with van der Waals surface area (Å²) in [5.41, 5.74) is 11.7. The Bertz CT molecular complexity index is 758. The van der Waals surface area contributed by atoms with Crippen molar-refractivity contribution in [3.05, 3.63) is 65.2 Å². The highest BCUT2D eigenvalue weighted by Gasteiger charge is 2.29. The van der Waals surface area contributed by atoms with E-state index in [-0.39, 0.29) is 23.7 Å². The molecule has 130 valence electrons. The van der Waals surface area contributed by atoms with E-state index in [1.54, 1.807) is 24.3 Å². The van der Waals surface area contributed by atoms with Crippen molar-refractivity contribution >= 4 is 12.1 Å².